The van der Waals surface area contributed by atoms with E-state index in [1.54, 1.807) is 0 Å². The van der Waals surface area contributed by atoms with Gasteiger partial charge in [0.05, 0.1) is 0 Å². The summed E-state index contributed by atoms with van der Waals surface area (Å²) in [6, 6.07) is 7.80. The molecule has 1 aromatic heterocycles. The van der Waals surface area contributed by atoms with Gasteiger partial charge in [0.25, 0.3) is 0 Å². The van der Waals surface area contributed by atoms with Crippen molar-refractivity contribution in [2.45, 2.75) is 16.8 Å². The van der Waals surface area contributed by atoms with E-state index in [0.29, 0.717) is 5.03 Å². The average Bonchev–Trinajstić information content (AvgIpc) is 2.29. The van der Waals surface area contributed by atoms with E-state index >= 15 is 0 Å². The zero-order chi connectivity index (χ0) is 12.3. The van der Waals surface area contributed by atoms with Gasteiger partial charge in [-0.3, -0.25) is 0 Å². The Morgan fingerprint density at radius 1 is 1.29 bits per heavy atom. The number of carboxylic acid groups (broad SMARTS) is 1. The smallest absolute Gasteiger partial charge is 0.357 e. The summed E-state index contributed by atoms with van der Waals surface area (Å²) in [6.45, 7) is 1.98. The predicted octanol–water partition coefficient (Wildman–Crippen LogP) is 2.63. The second-order valence-corrected chi connectivity index (χ2v) is 4.50. The third kappa shape index (κ3) is 2.82. The zero-order valence-electron chi connectivity index (χ0n) is 9.12. The summed E-state index contributed by atoms with van der Waals surface area (Å²) in [5.74, 6) is -1.06. The molecular weight excluding hydrogens is 236 g/mol. The fourth-order valence-electron chi connectivity index (χ4n) is 1.34. The van der Waals surface area contributed by atoms with Crippen LogP contribution in [0.3, 0.4) is 0 Å². The molecule has 2 rings (SSSR count). The number of rotatable bonds is 3. The van der Waals surface area contributed by atoms with Crippen molar-refractivity contribution in [2.24, 2.45) is 0 Å². The van der Waals surface area contributed by atoms with Gasteiger partial charge < -0.3 is 5.11 Å². The van der Waals surface area contributed by atoms with Crippen molar-refractivity contribution in [3.05, 3.63) is 47.9 Å². The van der Waals surface area contributed by atoms with E-state index in [9.17, 15) is 4.79 Å². The molecule has 17 heavy (non-hydrogen) atoms. The topological polar surface area (TPSA) is 63.1 Å². The predicted molar refractivity (Wildman–Crippen MR) is 64.3 cm³/mol. The highest BCUT2D eigenvalue weighted by atomic mass is 32.2. The van der Waals surface area contributed by atoms with Gasteiger partial charge in [-0.2, -0.15) is 0 Å². The van der Waals surface area contributed by atoms with Gasteiger partial charge in [-0.1, -0.05) is 29.5 Å². The molecule has 86 valence electrons. The van der Waals surface area contributed by atoms with Crippen LogP contribution in [-0.2, 0) is 0 Å². The normalized spacial score (nSPS) is 10.2. The number of aromatic carboxylic acids is 1. The van der Waals surface area contributed by atoms with E-state index in [0.717, 1.165) is 10.5 Å². The third-order valence-electron chi connectivity index (χ3n) is 2.07. The quantitative estimate of drug-likeness (QED) is 0.902. The van der Waals surface area contributed by atoms with Gasteiger partial charge in [0, 0.05) is 17.3 Å². The molecule has 0 spiro atoms. The molecule has 0 amide bonds. The highest BCUT2D eigenvalue weighted by Crippen LogP contribution is 2.28. The van der Waals surface area contributed by atoms with Gasteiger partial charge in [-0.05, 0) is 19.1 Å². The van der Waals surface area contributed by atoms with Crippen LogP contribution in [0.2, 0.25) is 0 Å². The fourth-order valence-corrected chi connectivity index (χ4v) is 2.30. The summed E-state index contributed by atoms with van der Waals surface area (Å²) in [5.41, 5.74) is 1.11. The maximum Gasteiger partial charge on any atom is 0.357 e. The lowest BCUT2D eigenvalue weighted by Crippen LogP contribution is -2.03. The van der Waals surface area contributed by atoms with Gasteiger partial charge in [-0.15, -0.1) is 0 Å². The molecule has 0 aliphatic rings. The second-order valence-electron chi connectivity index (χ2n) is 3.43. The van der Waals surface area contributed by atoms with Gasteiger partial charge in [0.1, 0.15) is 5.03 Å². The van der Waals surface area contributed by atoms with E-state index < -0.39 is 5.97 Å². The molecule has 0 aliphatic heterocycles. The van der Waals surface area contributed by atoms with Crippen molar-refractivity contribution >= 4 is 17.7 Å². The molecule has 0 bridgehead atoms. The van der Waals surface area contributed by atoms with Crippen molar-refractivity contribution < 1.29 is 9.90 Å². The Hall–Kier alpha value is -1.88. The Labute approximate surface area is 103 Å². The van der Waals surface area contributed by atoms with Crippen molar-refractivity contribution in [3.8, 4) is 0 Å². The number of hydrogen-bond donors (Lipinski definition) is 1. The summed E-state index contributed by atoms with van der Waals surface area (Å²) in [7, 11) is 0. The molecule has 4 nitrogen and oxygen atoms in total. The lowest BCUT2D eigenvalue weighted by atomic mass is 10.2. The van der Waals surface area contributed by atoms with Crippen molar-refractivity contribution in [1.29, 1.82) is 0 Å². The molecule has 0 fully saturated rings. The van der Waals surface area contributed by atoms with E-state index in [2.05, 4.69) is 9.97 Å². The Kier molecular flexibility index (Phi) is 3.39. The van der Waals surface area contributed by atoms with Crippen LogP contribution < -0.4 is 0 Å². The minimum absolute atomic E-state index is 0.0148. The monoisotopic (exact) mass is 246 g/mol. The molecule has 1 aromatic carbocycles. The van der Waals surface area contributed by atoms with E-state index in [1.807, 2.05) is 31.2 Å². The highest BCUT2D eigenvalue weighted by molar-refractivity contribution is 7.99. The summed E-state index contributed by atoms with van der Waals surface area (Å²) in [6.07, 6.45) is 2.87. The van der Waals surface area contributed by atoms with Crippen LogP contribution in [0.15, 0.2) is 46.6 Å². The maximum absolute atomic E-state index is 11.0. The molecule has 0 atom stereocenters. The first kappa shape index (κ1) is 11.6. The Morgan fingerprint density at radius 2 is 2.06 bits per heavy atom. The molecule has 5 heteroatoms. The first-order valence-corrected chi connectivity index (χ1v) is 5.77. The number of carbonyl (C=O) groups is 1. The largest absolute Gasteiger partial charge is 0.476 e. The maximum atomic E-state index is 11.0. The summed E-state index contributed by atoms with van der Waals surface area (Å²) in [4.78, 5) is 19.8. The van der Waals surface area contributed by atoms with Crippen LogP contribution in [-0.4, -0.2) is 21.0 Å². The Balaban J connectivity index is 2.33. The van der Waals surface area contributed by atoms with Gasteiger partial charge in [0.15, 0.2) is 5.69 Å². The van der Waals surface area contributed by atoms with E-state index in [-0.39, 0.29) is 5.69 Å². The minimum atomic E-state index is -1.06. The SMILES string of the molecule is Cc1cccc(Sc2nccnc2C(=O)O)c1. The molecule has 0 aliphatic carbocycles. The minimum Gasteiger partial charge on any atom is -0.476 e. The Bertz CT molecular complexity index is 558. The number of benzene rings is 1. The molecule has 1 N–H and O–H groups in total. The first-order chi connectivity index (χ1) is 8.16. The standard InChI is InChI=1S/C12H10N2O2S/c1-8-3-2-4-9(7-8)17-11-10(12(15)16)13-5-6-14-11/h2-7H,1H3,(H,15,16). The molecule has 0 saturated carbocycles. The van der Waals surface area contributed by atoms with Crippen LogP contribution in [0, 0.1) is 6.92 Å². The summed E-state index contributed by atoms with van der Waals surface area (Å²) in [5, 5.41) is 9.39. The second kappa shape index (κ2) is 4.97. The van der Waals surface area contributed by atoms with Gasteiger partial charge in [0.2, 0.25) is 0 Å². The van der Waals surface area contributed by atoms with Crippen LogP contribution in [0.5, 0.6) is 0 Å². The molecule has 0 unspecified atom stereocenters. The molecule has 2 aromatic rings. The van der Waals surface area contributed by atoms with Crippen LogP contribution in [0.25, 0.3) is 0 Å². The number of nitrogens with zero attached hydrogens (tertiary/aromatic N) is 2. The molecule has 0 saturated heterocycles. The summed E-state index contributed by atoms with van der Waals surface area (Å²) < 4.78 is 0. The Morgan fingerprint density at radius 3 is 2.76 bits per heavy atom. The molecule has 0 radical (unpaired) electrons. The fraction of sp³-hybridized carbons (Fsp3) is 0.0833. The first-order valence-electron chi connectivity index (χ1n) is 4.95. The average molecular weight is 246 g/mol. The zero-order valence-corrected chi connectivity index (χ0v) is 9.94. The highest BCUT2D eigenvalue weighted by Gasteiger charge is 2.13. The molecule has 1 heterocycles. The number of hydrogen-bond acceptors (Lipinski definition) is 4. The lowest BCUT2D eigenvalue weighted by Gasteiger charge is -2.03. The number of aryl methyl sites for hydroxylation is 1. The van der Waals surface area contributed by atoms with Gasteiger partial charge >= 0.3 is 5.97 Å². The van der Waals surface area contributed by atoms with Crippen molar-refractivity contribution in [1.82, 2.24) is 9.97 Å². The molecular formula is C12H10N2O2S. The number of aromatic nitrogens is 2. The number of carboxylic acids is 1. The van der Waals surface area contributed by atoms with Crippen molar-refractivity contribution in [2.75, 3.05) is 0 Å². The van der Waals surface area contributed by atoms with E-state index in [1.165, 1.54) is 24.2 Å². The lowest BCUT2D eigenvalue weighted by molar-refractivity contribution is 0.0685. The summed E-state index contributed by atoms with van der Waals surface area (Å²) >= 11 is 1.30. The van der Waals surface area contributed by atoms with Crippen LogP contribution in [0.4, 0.5) is 0 Å². The van der Waals surface area contributed by atoms with Crippen LogP contribution >= 0.6 is 11.8 Å². The van der Waals surface area contributed by atoms with E-state index in [4.69, 9.17) is 5.11 Å². The third-order valence-corrected chi connectivity index (χ3v) is 3.05. The van der Waals surface area contributed by atoms with Gasteiger partial charge in [-0.25, -0.2) is 14.8 Å². The van der Waals surface area contributed by atoms with Crippen LogP contribution in [0.1, 0.15) is 16.1 Å². The van der Waals surface area contributed by atoms with Crippen molar-refractivity contribution in [3.63, 3.8) is 0 Å².